The summed E-state index contributed by atoms with van der Waals surface area (Å²) in [7, 11) is 2.12. The molecule has 1 aliphatic heterocycles. The zero-order chi connectivity index (χ0) is 12.1. The lowest BCUT2D eigenvalue weighted by atomic mass is 10.1. The zero-order valence-corrected chi connectivity index (χ0v) is 10.9. The maximum atomic E-state index is 5.67. The lowest BCUT2D eigenvalue weighted by molar-refractivity contribution is 0.174. The Bertz CT molecular complexity index is 370. The van der Waals surface area contributed by atoms with Gasteiger partial charge in [-0.15, -0.1) is 11.6 Å². The summed E-state index contributed by atoms with van der Waals surface area (Å²) in [5, 5.41) is 0. The smallest absolute Gasteiger partial charge is 0.231 e. The summed E-state index contributed by atoms with van der Waals surface area (Å²) < 4.78 is 10.6. The molecule has 0 N–H and O–H groups in total. The van der Waals surface area contributed by atoms with Crippen molar-refractivity contribution in [2.75, 3.05) is 32.8 Å². The molecule has 0 spiro atoms. The molecule has 1 aliphatic rings. The molecule has 0 unspecified atom stereocenters. The highest BCUT2D eigenvalue weighted by Gasteiger charge is 2.13. The van der Waals surface area contributed by atoms with Crippen LogP contribution in [0.5, 0.6) is 11.5 Å². The Morgan fingerprint density at radius 2 is 2.06 bits per heavy atom. The summed E-state index contributed by atoms with van der Waals surface area (Å²) in [6, 6.07) is 6.15. The van der Waals surface area contributed by atoms with Crippen LogP contribution in [0.4, 0.5) is 0 Å². The Kier molecular flexibility index (Phi) is 4.51. The van der Waals surface area contributed by atoms with Gasteiger partial charge in [0.2, 0.25) is 6.79 Å². The van der Waals surface area contributed by atoms with Gasteiger partial charge in [-0.3, -0.25) is 0 Å². The monoisotopic (exact) mass is 255 g/mol. The van der Waals surface area contributed by atoms with Crippen molar-refractivity contribution >= 4 is 11.6 Å². The number of alkyl halides is 1. The van der Waals surface area contributed by atoms with Gasteiger partial charge in [0.1, 0.15) is 0 Å². The first kappa shape index (κ1) is 12.5. The maximum Gasteiger partial charge on any atom is 0.231 e. The van der Waals surface area contributed by atoms with E-state index < -0.39 is 0 Å². The summed E-state index contributed by atoms with van der Waals surface area (Å²) in [6.45, 7) is 2.43. The Morgan fingerprint density at radius 1 is 1.24 bits per heavy atom. The number of benzene rings is 1. The van der Waals surface area contributed by atoms with Gasteiger partial charge in [-0.1, -0.05) is 6.07 Å². The molecule has 0 saturated heterocycles. The van der Waals surface area contributed by atoms with Crippen molar-refractivity contribution in [1.29, 1.82) is 0 Å². The molecule has 17 heavy (non-hydrogen) atoms. The molecule has 1 heterocycles. The molecule has 0 radical (unpaired) electrons. The molecular formula is C13H18ClNO2. The molecule has 1 aromatic rings. The number of ether oxygens (including phenoxy) is 2. The fourth-order valence-electron chi connectivity index (χ4n) is 1.86. The van der Waals surface area contributed by atoms with Crippen molar-refractivity contribution < 1.29 is 9.47 Å². The first-order valence-electron chi connectivity index (χ1n) is 5.92. The van der Waals surface area contributed by atoms with Crippen molar-refractivity contribution in [3.63, 3.8) is 0 Å². The van der Waals surface area contributed by atoms with E-state index in [0.717, 1.165) is 43.3 Å². The van der Waals surface area contributed by atoms with E-state index in [0.29, 0.717) is 6.79 Å². The third kappa shape index (κ3) is 3.51. The van der Waals surface area contributed by atoms with E-state index in [-0.39, 0.29) is 0 Å². The Balaban J connectivity index is 1.83. The van der Waals surface area contributed by atoms with Gasteiger partial charge in [0.25, 0.3) is 0 Å². The lowest BCUT2D eigenvalue weighted by Gasteiger charge is -2.15. The van der Waals surface area contributed by atoms with Gasteiger partial charge < -0.3 is 14.4 Å². The predicted molar refractivity (Wildman–Crippen MR) is 69.1 cm³/mol. The van der Waals surface area contributed by atoms with Crippen LogP contribution < -0.4 is 9.47 Å². The van der Waals surface area contributed by atoms with Crippen LogP contribution in [0.2, 0.25) is 0 Å². The van der Waals surface area contributed by atoms with E-state index in [1.54, 1.807) is 0 Å². The fourth-order valence-corrected chi connectivity index (χ4v) is 1.98. The van der Waals surface area contributed by atoms with Crippen LogP contribution in [0.25, 0.3) is 0 Å². The first-order chi connectivity index (χ1) is 8.29. The molecule has 1 aromatic carbocycles. The van der Waals surface area contributed by atoms with E-state index in [2.05, 4.69) is 24.1 Å². The summed E-state index contributed by atoms with van der Waals surface area (Å²) in [4.78, 5) is 2.30. The number of fused-ring (bicyclic) bond motifs is 1. The van der Waals surface area contributed by atoms with Crippen molar-refractivity contribution in [3.05, 3.63) is 23.8 Å². The summed E-state index contributed by atoms with van der Waals surface area (Å²) in [6.07, 6.45) is 2.06. The average Bonchev–Trinajstić information content (AvgIpc) is 2.81. The summed E-state index contributed by atoms with van der Waals surface area (Å²) in [5.41, 5.74) is 1.28. The largest absolute Gasteiger partial charge is 0.454 e. The second-order valence-corrected chi connectivity index (χ2v) is 4.66. The van der Waals surface area contributed by atoms with Crippen molar-refractivity contribution in [2.45, 2.75) is 12.8 Å². The van der Waals surface area contributed by atoms with Crippen LogP contribution in [0.3, 0.4) is 0 Å². The van der Waals surface area contributed by atoms with E-state index in [9.17, 15) is 0 Å². The third-order valence-electron chi connectivity index (χ3n) is 2.89. The molecule has 0 saturated carbocycles. The van der Waals surface area contributed by atoms with E-state index in [1.807, 2.05) is 6.07 Å². The van der Waals surface area contributed by atoms with E-state index >= 15 is 0 Å². The maximum absolute atomic E-state index is 5.67. The summed E-state index contributed by atoms with van der Waals surface area (Å²) in [5.74, 6) is 2.45. The molecule has 0 aliphatic carbocycles. The second-order valence-electron chi connectivity index (χ2n) is 4.28. The highest BCUT2D eigenvalue weighted by atomic mass is 35.5. The van der Waals surface area contributed by atoms with E-state index in [4.69, 9.17) is 21.1 Å². The highest BCUT2D eigenvalue weighted by molar-refractivity contribution is 6.17. The van der Waals surface area contributed by atoms with Gasteiger partial charge in [0.05, 0.1) is 0 Å². The van der Waals surface area contributed by atoms with Gasteiger partial charge >= 0.3 is 0 Å². The topological polar surface area (TPSA) is 21.7 Å². The minimum absolute atomic E-state index is 0.342. The first-order valence-corrected chi connectivity index (χ1v) is 6.46. The lowest BCUT2D eigenvalue weighted by Crippen LogP contribution is -2.22. The molecule has 0 atom stereocenters. The van der Waals surface area contributed by atoms with Crippen LogP contribution in [-0.2, 0) is 6.42 Å². The van der Waals surface area contributed by atoms with Crippen LogP contribution >= 0.6 is 11.6 Å². The Labute approximate surface area is 107 Å². The number of hydrogen-bond acceptors (Lipinski definition) is 3. The Hall–Kier alpha value is -0.930. The van der Waals surface area contributed by atoms with Crippen LogP contribution in [0, 0.1) is 0 Å². The van der Waals surface area contributed by atoms with Gasteiger partial charge in [0.15, 0.2) is 11.5 Å². The van der Waals surface area contributed by atoms with Crippen LogP contribution in [0.15, 0.2) is 18.2 Å². The number of hydrogen-bond donors (Lipinski definition) is 0. The molecule has 4 heteroatoms. The Morgan fingerprint density at radius 3 is 2.88 bits per heavy atom. The van der Waals surface area contributed by atoms with Crippen LogP contribution in [0.1, 0.15) is 12.0 Å². The number of rotatable bonds is 6. The minimum Gasteiger partial charge on any atom is -0.454 e. The third-order valence-corrected chi connectivity index (χ3v) is 3.16. The van der Waals surface area contributed by atoms with Gasteiger partial charge in [-0.05, 0) is 44.1 Å². The fraction of sp³-hybridized carbons (Fsp3) is 0.538. The predicted octanol–water partition coefficient (Wildman–Crippen LogP) is 2.52. The SMILES string of the molecule is CN(CCCCl)CCc1ccc2c(c1)OCO2. The van der Waals surface area contributed by atoms with Gasteiger partial charge in [0, 0.05) is 12.4 Å². The molecule has 94 valence electrons. The normalized spacial score (nSPS) is 13.4. The molecule has 3 nitrogen and oxygen atoms in total. The summed E-state index contributed by atoms with van der Waals surface area (Å²) >= 11 is 5.67. The standard InChI is InChI=1S/C13H18ClNO2/c1-15(7-2-6-14)8-5-11-3-4-12-13(9-11)17-10-16-12/h3-4,9H,2,5-8,10H2,1H3. The molecule has 0 aromatic heterocycles. The number of nitrogens with zero attached hydrogens (tertiary/aromatic N) is 1. The molecule has 2 rings (SSSR count). The zero-order valence-electron chi connectivity index (χ0n) is 10.1. The molecular weight excluding hydrogens is 238 g/mol. The minimum atomic E-state index is 0.342. The molecule has 0 bridgehead atoms. The van der Waals surface area contributed by atoms with Crippen LogP contribution in [-0.4, -0.2) is 37.7 Å². The number of likely N-dealkylation sites (N-methyl/N-ethyl adjacent to an activating group) is 1. The highest BCUT2D eigenvalue weighted by Crippen LogP contribution is 2.32. The van der Waals surface area contributed by atoms with Gasteiger partial charge in [-0.2, -0.15) is 0 Å². The second kappa shape index (κ2) is 6.12. The van der Waals surface area contributed by atoms with Crippen molar-refractivity contribution in [1.82, 2.24) is 4.90 Å². The van der Waals surface area contributed by atoms with Crippen molar-refractivity contribution in [3.8, 4) is 11.5 Å². The quantitative estimate of drug-likeness (QED) is 0.729. The van der Waals surface area contributed by atoms with E-state index in [1.165, 1.54) is 5.56 Å². The number of halogens is 1. The van der Waals surface area contributed by atoms with Gasteiger partial charge in [-0.25, -0.2) is 0 Å². The average molecular weight is 256 g/mol. The van der Waals surface area contributed by atoms with Crippen molar-refractivity contribution in [2.24, 2.45) is 0 Å². The molecule has 0 amide bonds. The molecule has 0 fully saturated rings.